The maximum atomic E-state index is 11.9. The maximum absolute atomic E-state index is 11.9. The van der Waals surface area contributed by atoms with Crippen LogP contribution >= 0.6 is 0 Å². The number of rotatable bonds is 7. The molecule has 0 aliphatic heterocycles. The van der Waals surface area contributed by atoms with Crippen LogP contribution in [0.4, 0.5) is 5.69 Å². The maximum Gasteiger partial charge on any atom is 0.243 e. The topological polar surface area (TPSA) is 115 Å². The fourth-order valence-electron chi connectivity index (χ4n) is 1.98. The van der Waals surface area contributed by atoms with Crippen LogP contribution in [0.2, 0.25) is 0 Å². The Morgan fingerprint density at radius 3 is 2.67 bits per heavy atom. The third-order valence-corrected chi connectivity index (χ3v) is 3.46. The highest BCUT2D eigenvalue weighted by atomic mass is 16.2. The van der Waals surface area contributed by atoms with Gasteiger partial charge in [-0.3, -0.25) is 19.3 Å². The van der Waals surface area contributed by atoms with Crippen molar-refractivity contribution in [1.29, 1.82) is 0 Å². The second-order valence-corrected chi connectivity index (χ2v) is 5.82. The number of nitrogens with two attached hydrogens (primary N) is 1. The SMILES string of the molecule is CC(C)[C@H](N)C(=O)NCC(=O)Nc1cnn(Cc2ccncc2)c1. The first-order valence-electron chi connectivity index (χ1n) is 7.70. The number of anilines is 1. The van der Waals surface area contributed by atoms with Crippen LogP contribution in [0.3, 0.4) is 0 Å². The highest BCUT2D eigenvalue weighted by molar-refractivity contribution is 5.95. The van der Waals surface area contributed by atoms with Crippen molar-refractivity contribution >= 4 is 17.5 Å². The number of amides is 2. The Bertz CT molecular complexity index is 683. The molecule has 0 spiro atoms. The van der Waals surface area contributed by atoms with Crippen molar-refractivity contribution in [1.82, 2.24) is 20.1 Å². The van der Waals surface area contributed by atoms with E-state index in [2.05, 4.69) is 20.7 Å². The van der Waals surface area contributed by atoms with Crippen molar-refractivity contribution < 1.29 is 9.59 Å². The first-order chi connectivity index (χ1) is 11.5. The molecule has 0 unspecified atom stereocenters. The van der Waals surface area contributed by atoms with E-state index in [1.54, 1.807) is 29.5 Å². The van der Waals surface area contributed by atoms with Crippen LogP contribution in [-0.2, 0) is 16.1 Å². The summed E-state index contributed by atoms with van der Waals surface area (Å²) in [6.07, 6.45) is 6.71. The zero-order valence-electron chi connectivity index (χ0n) is 13.8. The molecule has 0 aromatic carbocycles. The lowest BCUT2D eigenvalue weighted by Gasteiger charge is -2.14. The Kier molecular flexibility index (Phi) is 6.02. The van der Waals surface area contributed by atoms with Crippen LogP contribution in [0.5, 0.6) is 0 Å². The fourth-order valence-corrected chi connectivity index (χ4v) is 1.98. The van der Waals surface area contributed by atoms with Gasteiger partial charge in [0, 0.05) is 18.6 Å². The number of nitrogens with zero attached hydrogens (tertiary/aromatic N) is 3. The molecule has 0 bridgehead atoms. The number of carbonyl (C=O) groups is 2. The van der Waals surface area contributed by atoms with Crippen molar-refractivity contribution in [2.75, 3.05) is 11.9 Å². The average molecular weight is 330 g/mol. The van der Waals surface area contributed by atoms with Gasteiger partial charge in [-0.05, 0) is 23.6 Å². The lowest BCUT2D eigenvalue weighted by Crippen LogP contribution is -2.46. The molecule has 0 fully saturated rings. The second-order valence-electron chi connectivity index (χ2n) is 5.82. The van der Waals surface area contributed by atoms with E-state index >= 15 is 0 Å². The molecule has 0 aliphatic carbocycles. The van der Waals surface area contributed by atoms with E-state index in [9.17, 15) is 9.59 Å². The molecule has 8 nitrogen and oxygen atoms in total. The highest BCUT2D eigenvalue weighted by Crippen LogP contribution is 2.07. The predicted octanol–water partition coefficient (Wildman–Crippen LogP) is 0.364. The zero-order chi connectivity index (χ0) is 17.5. The third kappa shape index (κ3) is 5.17. The molecule has 24 heavy (non-hydrogen) atoms. The summed E-state index contributed by atoms with van der Waals surface area (Å²) >= 11 is 0. The Morgan fingerprint density at radius 1 is 1.29 bits per heavy atom. The van der Waals surface area contributed by atoms with E-state index in [0.29, 0.717) is 12.2 Å². The Morgan fingerprint density at radius 2 is 2.00 bits per heavy atom. The van der Waals surface area contributed by atoms with Gasteiger partial charge in [-0.15, -0.1) is 0 Å². The molecule has 0 aliphatic rings. The smallest absolute Gasteiger partial charge is 0.243 e. The van der Waals surface area contributed by atoms with Crippen LogP contribution in [0.1, 0.15) is 19.4 Å². The number of aromatic nitrogens is 3. The molecular weight excluding hydrogens is 308 g/mol. The van der Waals surface area contributed by atoms with E-state index in [1.807, 2.05) is 26.0 Å². The van der Waals surface area contributed by atoms with Gasteiger partial charge in [-0.1, -0.05) is 13.8 Å². The summed E-state index contributed by atoms with van der Waals surface area (Å²) in [7, 11) is 0. The molecule has 2 heterocycles. The van der Waals surface area contributed by atoms with Gasteiger partial charge in [0.15, 0.2) is 0 Å². The summed E-state index contributed by atoms with van der Waals surface area (Å²) in [4.78, 5) is 27.5. The molecule has 1 atom stereocenters. The molecule has 128 valence electrons. The number of carbonyl (C=O) groups excluding carboxylic acids is 2. The van der Waals surface area contributed by atoms with E-state index in [4.69, 9.17) is 5.73 Å². The van der Waals surface area contributed by atoms with Gasteiger partial charge >= 0.3 is 0 Å². The first-order valence-corrected chi connectivity index (χ1v) is 7.70. The van der Waals surface area contributed by atoms with Crippen LogP contribution < -0.4 is 16.4 Å². The Hall–Kier alpha value is -2.74. The number of pyridine rings is 1. The van der Waals surface area contributed by atoms with Gasteiger partial charge in [0.25, 0.3) is 0 Å². The van der Waals surface area contributed by atoms with Crippen molar-refractivity contribution in [2.45, 2.75) is 26.4 Å². The largest absolute Gasteiger partial charge is 0.346 e. The van der Waals surface area contributed by atoms with E-state index in [0.717, 1.165) is 5.56 Å². The molecule has 2 aromatic heterocycles. The van der Waals surface area contributed by atoms with Crippen molar-refractivity contribution in [2.24, 2.45) is 11.7 Å². The number of nitrogens with one attached hydrogen (secondary N) is 2. The summed E-state index contributed by atoms with van der Waals surface area (Å²) in [5, 5.41) is 9.39. The molecule has 4 N–H and O–H groups in total. The van der Waals surface area contributed by atoms with E-state index in [-0.39, 0.29) is 24.3 Å². The van der Waals surface area contributed by atoms with Crippen LogP contribution in [-0.4, -0.2) is 39.2 Å². The molecule has 8 heteroatoms. The predicted molar refractivity (Wildman–Crippen MR) is 90.0 cm³/mol. The van der Waals surface area contributed by atoms with Gasteiger partial charge in [0.2, 0.25) is 11.8 Å². The first kappa shape index (κ1) is 17.6. The summed E-state index contributed by atoms with van der Waals surface area (Å²) in [6.45, 7) is 4.15. The average Bonchev–Trinajstić information content (AvgIpc) is 2.99. The summed E-state index contributed by atoms with van der Waals surface area (Å²) < 4.78 is 1.71. The molecule has 2 aromatic rings. The summed E-state index contributed by atoms with van der Waals surface area (Å²) in [5.74, 6) is -0.657. The quantitative estimate of drug-likeness (QED) is 0.678. The zero-order valence-corrected chi connectivity index (χ0v) is 13.8. The van der Waals surface area contributed by atoms with Gasteiger partial charge in [-0.25, -0.2) is 0 Å². The minimum absolute atomic E-state index is 0.0134. The Balaban J connectivity index is 1.81. The van der Waals surface area contributed by atoms with Gasteiger partial charge in [-0.2, -0.15) is 5.10 Å². The molecule has 0 radical (unpaired) electrons. The lowest BCUT2D eigenvalue weighted by atomic mass is 10.1. The normalized spacial score (nSPS) is 12.0. The molecule has 2 amide bonds. The van der Waals surface area contributed by atoms with Gasteiger partial charge < -0.3 is 16.4 Å². The molecular formula is C16H22N6O2. The summed E-state index contributed by atoms with van der Waals surface area (Å²) in [5.41, 5.74) is 7.34. The van der Waals surface area contributed by atoms with E-state index < -0.39 is 6.04 Å². The van der Waals surface area contributed by atoms with Gasteiger partial charge in [0.1, 0.15) is 0 Å². The number of hydrogen-bond acceptors (Lipinski definition) is 5. The minimum Gasteiger partial charge on any atom is -0.346 e. The fraction of sp³-hybridized carbons (Fsp3) is 0.375. The van der Waals surface area contributed by atoms with Crippen molar-refractivity contribution in [3.8, 4) is 0 Å². The summed E-state index contributed by atoms with van der Waals surface area (Å²) in [6, 6.07) is 3.17. The van der Waals surface area contributed by atoms with Crippen molar-refractivity contribution in [3.63, 3.8) is 0 Å². The molecule has 0 saturated heterocycles. The second kappa shape index (κ2) is 8.21. The van der Waals surface area contributed by atoms with Crippen LogP contribution in [0.15, 0.2) is 36.9 Å². The Labute approximate surface area is 140 Å². The molecule has 2 rings (SSSR count). The van der Waals surface area contributed by atoms with Crippen LogP contribution in [0.25, 0.3) is 0 Å². The molecule has 0 saturated carbocycles. The highest BCUT2D eigenvalue weighted by Gasteiger charge is 2.17. The van der Waals surface area contributed by atoms with Crippen molar-refractivity contribution in [3.05, 3.63) is 42.5 Å². The monoisotopic (exact) mass is 330 g/mol. The van der Waals surface area contributed by atoms with E-state index in [1.165, 1.54) is 0 Å². The standard InChI is InChI=1S/C16H22N6O2/c1-11(2)15(17)16(24)19-8-14(23)21-13-7-20-22(10-13)9-12-3-5-18-6-4-12/h3-7,10-11,15H,8-9,17H2,1-2H3,(H,19,24)(H,21,23)/t15-/m0/s1. The van der Waals surface area contributed by atoms with Gasteiger partial charge in [0.05, 0.1) is 31.0 Å². The van der Waals surface area contributed by atoms with Crippen LogP contribution in [0, 0.1) is 5.92 Å². The minimum atomic E-state index is -0.624. The number of hydrogen-bond donors (Lipinski definition) is 3. The lowest BCUT2D eigenvalue weighted by molar-refractivity contribution is -0.125. The third-order valence-electron chi connectivity index (χ3n) is 3.46.